The largest absolute Gasteiger partial charge is 0.507 e. The minimum absolute atomic E-state index is 0.0532. The van der Waals surface area contributed by atoms with Crippen molar-refractivity contribution in [2.24, 2.45) is 0 Å². The summed E-state index contributed by atoms with van der Waals surface area (Å²) in [4.78, 5) is 11.1. The van der Waals surface area contributed by atoms with E-state index in [0.29, 0.717) is 23.7 Å². The first kappa shape index (κ1) is 16.1. The number of hydrogen-bond donors (Lipinski definition) is 1. The zero-order valence-corrected chi connectivity index (χ0v) is 13.5. The van der Waals surface area contributed by atoms with E-state index >= 15 is 0 Å². The Morgan fingerprint density at radius 1 is 1.00 bits per heavy atom. The van der Waals surface area contributed by atoms with Gasteiger partial charge in [-0.15, -0.1) is 0 Å². The van der Waals surface area contributed by atoms with Crippen molar-refractivity contribution in [2.75, 3.05) is 0 Å². The summed E-state index contributed by atoms with van der Waals surface area (Å²) < 4.78 is 5.93. The van der Waals surface area contributed by atoms with Crippen molar-refractivity contribution in [3.63, 3.8) is 0 Å². The Labute approximate surface area is 145 Å². The van der Waals surface area contributed by atoms with Crippen LogP contribution in [-0.2, 0) is 6.61 Å². The zero-order valence-electron chi connectivity index (χ0n) is 12.8. The van der Waals surface area contributed by atoms with Gasteiger partial charge in [0.25, 0.3) is 0 Å². The van der Waals surface area contributed by atoms with Gasteiger partial charge in [-0.05, 0) is 41.5 Å². The van der Waals surface area contributed by atoms with Gasteiger partial charge in [-0.3, -0.25) is 4.79 Å². The molecule has 1 N–H and O–H groups in total. The molecule has 0 atom stereocenters. The van der Waals surface area contributed by atoms with Crippen LogP contribution in [-0.4, -0.2) is 11.4 Å². The number of phenolic OH excluding ortho intramolecular Hbond substituents is 1. The Kier molecular flexibility index (Phi) is 4.82. The topological polar surface area (TPSA) is 46.5 Å². The van der Waals surface area contributed by atoms with Gasteiger partial charge in [0, 0.05) is 10.6 Å². The summed E-state index contributed by atoms with van der Waals surface area (Å²) in [7, 11) is 0. The summed E-state index contributed by atoms with van der Waals surface area (Å²) in [5.74, 6) is 0.605. The molecule has 0 heterocycles. The molecule has 3 rings (SSSR count). The fourth-order valence-corrected chi connectivity index (χ4v) is 2.58. The van der Waals surface area contributed by atoms with Crippen LogP contribution in [0, 0.1) is 0 Å². The van der Waals surface area contributed by atoms with Crippen molar-refractivity contribution in [2.45, 2.75) is 6.61 Å². The molecule has 0 spiro atoms. The third kappa shape index (κ3) is 3.58. The molecule has 120 valence electrons. The number of aromatic hydroxyl groups is 1. The summed E-state index contributed by atoms with van der Waals surface area (Å²) in [5, 5.41) is 10.2. The van der Waals surface area contributed by atoms with E-state index in [-0.39, 0.29) is 11.3 Å². The Hall–Kier alpha value is -2.78. The second kappa shape index (κ2) is 7.20. The van der Waals surface area contributed by atoms with Crippen molar-refractivity contribution >= 4 is 17.9 Å². The first-order chi connectivity index (χ1) is 11.7. The molecule has 0 aromatic heterocycles. The van der Waals surface area contributed by atoms with Crippen molar-refractivity contribution in [1.29, 1.82) is 0 Å². The van der Waals surface area contributed by atoms with Crippen LogP contribution in [0.25, 0.3) is 11.1 Å². The highest BCUT2D eigenvalue weighted by molar-refractivity contribution is 6.31. The number of phenols is 1. The number of benzene rings is 3. The predicted molar refractivity (Wildman–Crippen MR) is 94.7 cm³/mol. The lowest BCUT2D eigenvalue weighted by Gasteiger charge is -2.13. The standard InChI is InChI=1S/C20H15ClO3/c21-17-7-9-20(24-13-14-4-2-1-3-5-14)18(11-17)15-6-8-19(23)16(10-15)12-22/h1-12,23H,13H2. The number of carbonyl (C=O) groups is 1. The summed E-state index contributed by atoms with van der Waals surface area (Å²) in [5.41, 5.74) is 2.79. The summed E-state index contributed by atoms with van der Waals surface area (Å²) in [6, 6.07) is 20.0. The van der Waals surface area contributed by atoms with Crippen molar-refractivity contribution in [3.8, 4) is 22.6 Å². The van der Waals surface area contributed by atoms with Crippen LogP contribution in [0.15, 0.2) is 66.7 Å². The van der Waals surface area contributed by atoms with Crippen LogP contribution in [0.4, 0.5) is 0 Å². The number of halogens is 1. The highest BCUT2D eigenvalue weighted by atomic mass is 35.5. The summed E-state index contributed by atoms with van der Waals surface area (Å²) in [6.45, 7) is 0.425. The molecule has 24 heavy (non-hydrogen) atoms. The minimum Gasteiger partial charge on any atom is -0.507 e. The first-order valence-corrected chi connectivity index (χ1v) is 7.80. The monoisotopic (exact) mass is 338 g/mol. The van der Waals surface area contributed by atoms with E-state index in [9.17, 15) is 9.90 Å². The molecule has 0 fully saturated rings. The van der Waals surface area contributed by atoms with Gasteiger partial charge in [0.2, 0.25) is 0 Å². The lowest BCUT2D eigenvalue weighted by Crippen LogP contribution is -1.97. The van der Waals surface area contributed by atoms with E-state index in [4.69, 9.17) is 16.3 Å². The van der Waals surface area contributed by atoms with Crippen LogP contribution in [0.1, 0.15) is 15.9 Å². The van der Waals surface area contributed by atoms with E-state index in [1.807, 2.05) is 30.3 Å². The Balaban J connectivity index is 1.95. The van der Waals surface area contributed by atoms with Gasteiger partial charge in [-0.25, -0.2) is 0 Å². The molecule has 0 aliphatic heterocycles. The fraction of sp³-hybridized carbons (Fsp3) is 0.0500. The lowest BCUT2D eigenvalue weighted by molar-refractivity contribution is 0.112. The molecular formula is C20H15ClO3. The third-order valence-corrected chi connectivity index (χ3v) is 3.88. The van der Waals surface area contributed by atoms with Crippen LogP contribution in [0.5, 0.6) is 11.5 Å². The second-order valence-corrected chi connectivity index (χ2v) is 5.74. The van der Waals surface area contributed by atoms with E-state index in [2.05, 4.69) is 0 Å². The Morgan fingerprint density at radius 3 is 2.54 bits per heavy atom. The average molecular weight is 339 g/mol. The molecule has 3 nitrogen and oxygen atoms in total. The van der Waals surface area contributed by atoms with Crippen LogP contribution >= 0.6 is 11.6 Å². The molecule has 0 radical (unpaired) electrons. The number of hydrogen-bond acceptors (Lipinski definition) is 3. The van der Waals surface area contributed by atoms with E-state index in [0.717, 1.165) is 16.7 Å². The van der Waals surface area contributed by atoms with Gasteiger partial charge < -0.3 is 9.84 Å². The number of carbonyl (C=O) groups excluding carboxylic acids is 1. The SMILES string of the molecule is O=Cc1cc(-c2cc(Cl)ccc2OCc2ccccc2)ccc1O. The zero-order chi connectivity index (χ0) is 16.9. The van der Waals surface area contributed by atoms with Crippen LogP contribution < -0.4 is 4.74 Å². The molecular weight excluding hydrogens is 324 g/mol. The molecule has 0 bridgehead atoms. The molecule has 0 saturated heterocycles. The van der Waals surface area contributed by atoms with Gasteiger partial charge in [0.05, 0.1) is 5.56 Å². The smallest absolute Gasteiger partial charge is 0.153 e. The summed E-state index contributed by atoms with van der Waals surface area (Å²) >= 11 is 6.11. The molecule has 0 aliphatic carbocycles. The molecule has 0 amide bonds. The molecule has 0 aliphatic rings. The molecule has 3 aromatic rings. The predicted octanol–water partition coefficient (Wildman–Crippen LogP) is 5.10. The van der Waals surface area contributed by atoms with E-state index in [1.165, 1.54) is 6.07 Å². The first-order valence-electron chi connectivity index (χ1n) is 7.42. The Bertz CT molecular complexity index is 860. The van der Waals surface area contributed by atoms with Crippen LogP contribution in [0.2, 0.25) is 5.02 Å². The molecule has 4 heteroatoms. The van der Waals surface area contributed by atoms with Crippen molar-refractivity contribution in [3.05, 3.63) is 82.9 Å². The normalized spacial score (nSPS) is 10.4. The van der Waals surface area contributed by atoms with Gasteiger partial charge in [-0.2, -0.15) is 0 Å². The molecule has 3 aromatic carbocycles. The summed E-state index contributed by atoms with van der Waals surface area (Å²) in [6.07, 6.45) is 0.619. The van der Waals surface area contributed by atoms with Gasteiger partial charge in [-0.1, -0.05) is 48.0 Å². The fourth-order valence-electron chi connectivity index (χ4n) is 2.41. The number of aldehydes is 1. The van der Waals surface area contributed by atoms with Crippen molar-refractivity contribution < 1.29 is 14.6 Å². The van der Waals surface area contributed by atoms with Gasteiger partial charge in [0.1, 0.15) is 18.1 Å². The van der Waals surface area contributed by atoms with Crippen molar-refractivity contribution in [1.82, 2.24) is 0 Å². The van der Waals surface area contributed by atoms with Crippen LogP contribution in [0.3, 0.4) is 0 Å². The van der Waals surface area contributed by atoms with E-state index < -0.39 is 0 Å². The van der Waals surface area contributed by atoms with E-state index in [1.54, 1.807) is 30.3 Å². The Morgan fingerprint density at radius 2 is 1.79 bits per heavy atom. The average Bonchev–Trinajstić information content (AvgIpc) is 2.62. The quantitative estimate of drug-likeness (QED) is 0.658. The molecule has 0 unspecified atom stereocenters. The highest BCUT2D eigenvalue weighted by Crippen LogP contribution is 2.35. The maximum Gasteiger partial charge on any atom is 0.153 e. The molecule has 0 saturated carbocycles. The number of ether oxygens (including phenoxy) is 1. The number of rotatable bonds is 5. The van der Waals surface area contributed by atoms with Gasteiger partial charge >= 0.3 is 0 Å². The lowest BCUT2D eigenvalue weighted by atomic mass is 10.0. The third-order valence-electron chi connectivity index (χ3n) is 3.64. The van der Waals surface area contributed by atoms with Gasteiger partial charge in [0.15, 0.2) is 6.29 Å². The second-order valence-electron chi connectivity index (χ2n) is 5.31. The maximum absolute atomic E-state index is 11.1. The highest BCUT2D eigenvalue weighted by Gasteiger charge is 2.10. The maximum atomic E-state index is 11.1. The minimum atomic E-state index is -0.0532.